The number of rotatable bonds is 8. The number of anilines is 2. The van der Waals surface area contributed by atoms with Crippen LogP contribution in [0.25, 0.3) is 10.4 Å². The number of nitrogens with one attached hydrogen (secondary N) is 2. The number of benzene rings is 1. The van der Waals surface area contributed by atoms with Gasteiger partial charge in [-0.1, -0.05) is 29.5 Å². The lowest BCUT2D eigenvalue weighted by atomic mass is 10.1. The van der Waals surface area contributed by atoms with E-state index < -0.39 is 10.0 Å². The number of sulfonamides is 1. The van der Waals surface area contributed by atoms with Crippen LogP contribution in [0.15, 0.2) is 35.2 Å². The maximum atomic E-state index is 13.0. The Hall–Kier alpha value is -2.85. The van der Waals surface area contributed by atoms with Gasteiger partial charge in [0.05, 0.1) is 35.2 Å². The highest BCUT2D eigenvalue weighted by atomic mass is 32.2. The van der Waals surface area contributed by atoms with Crippen molar-refractivity contribution in [3.63, 3.8) is 0 Å². The van der Waals surface area contributed by atoms with Gasteiger partial charge in [-0.15, -0.1) is 0 Å². The first-order chi connectivity index (χ1) is 14.7. The molecule has 166 valence electrons. The minimum atomic E-state index is -3.84. The second-order valence-electron chi connectivity index (χ2n) is 7.16. The van der Waals surface area contributed by atoms with Gasteiger partial charge < -0.3 is 14.8 Å². The van der Waals surface area contributed by atoms with Crippen LogP contribution < -0.4 is 19.5 Å². The van der Waals surface area contributed by atoms with Crippen molar-refractivity contribution in [1.82, 2.24) is 9.97 Å². The quantitative estimate of drug-likeness (QED) is 0.509. The van der Waals surface area contributed by atoms with Crippen molar-refractivity contribution in [2.24, 2.45) is 0 Å². The summed E-state index contributed by atoms with van der Waals surface area (Å²) in [7, 11) is -0.893. The zero-order valence-electron chi connectivity index (χ0n) is 18.3. The SMILES string of the molecule is COc1nc(OC)c(-c2sc(NC(C)C)nc2C)c(C)c1NS(=O)(=O)c1ccccc1. The number of thiazole rings is 1. The Morgan fingerprint density at radius 2 is 1.65 bits per heavy atom. The van der Waals surface area contributed by atoms with Gasteiger partial charge in [0.25, 0.3) is 10.0 Å². The summed E-state index contributed by atoms with van der Waals surface area (Å²) in [4.78, 5) is 10.0. The van der Waals surface area contributed by atoms with Crippen LogP contribution in [0.1, 0.15) is 25.1 Å². The average Bonchev–Trinajstić information content (AvgIpc) is 3.08. The molecule has 0 saturated carbocycles. The van der Waals surface area contributed by atoms with Crippen LogP contribution in [0.4, 0.5) is 10.8 Å². The van der Waals surface area contributed by atoms with E-state index in [4.69, 9.17) is 9.47 Å². The highest BCUT2D eigenvalue weighted by Crippen LogP contribution is 2.45. The minimum Gasteiger partial charge on any atom is -0.480 e. The molecule has 10 heteroatoms. The molecule has 8 nitrogen and oxygen atoms in total. The van der Waals surface area contributed by atoms with Crippen molar-refractivity contribution >= 4 is 32.2 Å². The van der Waals surface area contributed by atoms with E-state index in [1.165, 1.54) is 37.7 Å². The minimum absolute atomic E-state index is 0.125. The predicted molar refractivity (Wildman–Crippen MR) is 124 cm³/mol. The molecule has 3 aromatic rings. The van der Waals surface area contributed by atoms with Gasteiger partial charge >= 0.3 is 0 Å². The van der Waals surface area contributed by atoms with Crippen molar-refractivity contribution in [3.05, 3.63) is 41.6 Å². The maximum absolute atomic E-state index is 13.0. The Morgan fingerprint density at radius 3 is 2.23 bits per heavy atom. The molecule has 31 heavy (non-hydrogen) atoms. The summed E-state index contributed by atoms with van der Waals surface area (Å²) in [5, 5.41) is 4.07. The molecule has 2 heterocycles. The van der Waals surface area contributed by atoms with Gasteiger partial charge in [-0.05, 0) is 45.4 Å². The molecule has 0 unspecified atom stereocenters. The standard InChI is InChI=1S/C21H26N4O4S2/c1-12(2)22-21-23-14(4)18(30-21)16-13(3)17(20(29-6)24-19(16)28-5)25-31(26,27)15-10-8-7-9-11-15/h7-12,25H,1-6H3,(H,22,23). The molecule has 1 aromatic carbocycles. The van der Waals surface area contributed by atoms with Crippen molar-refractivity contribution in [3.8, 4) is 22.2 Å². The van der Waals surface area contributed by atoms with Crippen LogP contribution in [0.5, 0.6) is 11.8 Å². The van der Waals surface area contributed by atoms with Crippen LogP contribution in [0.2, 0.25) is 0 Å². The largest absolute Gasteiger partial charge is 0.480 e. The Kier molecular flexibility index (Phi) is 6.71. The fourth-order valence-corrected chi connectivity index (χ4v) is 5.41. The second-order valence-corrected chi connectivity index (χ2v) is 9.84. The first-order valence-electron chi connectivity index (χ1n) is 9.62. The van der Waals surface area contributed by atoms with E-state index in [9.17, 15) is 8.42 Å². The predicted octanol–water partition coefficient (Wildman–Crippen LogP) is 4.46. The van der Waals surface area contributed by atoms with Gasteiger partial charge in [-0.2, -0.15) is 4.98 Å². The lowest BCUT2D eigenvalue weighted by Crippen LogP contribution is -2.15. The molecule has 0 spiro atoms. The van der Waals surface area contributed by atoms with Crippen LogP contribution in [0.3, 0.4) is 0 Å². The molecule has 0 aliphatic rings. The molecule has 0 saturated heterocycles. The number of hydrogen-bond acceptors (Lipinski definition) is 8. The van der Waals surface area contributed by atoms with E-state index in [-0.39, 0.29) is 22.5 Å². The van der Waals surface area contributed by atoms with E-state index in [0.29, 0.717) is 17.0 Å². The third-order valence-corrected chi connectivity index (χ3v) is 6.97. The Balaban J connectivity index is 2.17. The molecule has 0 radical (unpaired) electrons. The number of pyridine rings is 1. The zero-order valence-corrected chi connectivity index (χ0v) is 19.9. The number of ether oxygens (including phenoxy) is 2. The Bertz CT molecular complexity index is 1180. The molecular weight excluding hydrogens is 436 g/mol. The van der Waals surface area contributed by atoms with Gasteiger partial charge in [-0.25, -0.2) is 13.4 Å². The lowest BCUT2D eigenvalue weighted by molar-refractivity contribution is 0.367. The van der Waals surface area contributed by atoms with Gasteiger partial charge in [0, 0.05) is 6.04 Å². The fraction of sp³-hybridized carbons (Fsp3) is 0.333. The molecule has 0 aliphatic carbocycles. The highest BCUT2D eigenvalue weighted by molar-refractivity contribution is 7.92. The molecular formula is C21H26N4O4S2. The third kappa shape index (κ3) is 4.75. The first-order valence-corrected chi connectivity index (χ1v) is 11.9. The maximum Gasteiger partial charge on any atom is 0.262 e. The Labute approximate surface area is 186 Å². The molecule has 3 rings (SSSR count). The summed E-state index contributed by atoms with van der Waals surface area (Å²) in [5.74, 6) is 0.458. The van der Waals surface area contributed by atoms with Crippen molar-refractivity contribution in [2.45, 2.75) is 38.6 Å². The summed E-state index contributed by atoms with van der Waals surface area (Å²) in [6.07, 6.45) is 0. The van der Waals surface area contributed by atoms with E-state index in [2.05, 4.69) is 20.0 Å². The number of aryl methyl sites for hydroxylation is 1. The normalized spacial score (nSPS) is 11.5. The number of methoxy groups -OCH3 is 2. The number of hydrogen-bond donors (Lipinski definition) is 2. The molecule has 0 bridgehead atoms. The van der Waals surface area contributed by atoms with Gasteiger partial charge in [-0.3, -0.25) is 4.72 Å². The highest BCUT2D eigenvalue weighted by Gasteiger charge is 2.26. The molecule has 0 fully saturated rings. The molecule has 0 atom stereocenters. The van der Waals surface area contributed by atoms with Crippen molar-refractivity contribution in [2.75, 3.05) is 24.3 Å². The zero-order chi connectivity index (χ0) is 22.8. The van der Waals surface area contributed by atoms with Crippen molar-refractivity contribution in [1.29, 1.82) is 0 Å². The first kappa shape index (κ1) is 22.8. The number of aromatic nitrogens is 2. The monoisotopic (exact) mass is 462 g/mol. The molecule has 2 N–H and O–H groups in total. The summed E-state index contributed by atoms with van der Waals surface area (Å²) in [5.41, 5.74) is 2.35. The van der Waals surface area contributed by atoms with E-state index in [1.54, 1.807) is 25.1 Å². The number of nitrogens with zero attached hydrogens (tertiary/aromatic N) is 2. The van der Waals surface area contributed by atoms with Gasteiger partial charge in [0.15, 0.2) is 5.13 Å². The summed E-state index contributed by atoms with van der Waals surface area (Å²) in [6.45, 7) is 7.77. The fourth-order valence-electron chi connectivity index (χ4n) is 3.06. The van der Waals surface area contributed by atoms with Crippen molar-refractivity contribution < 1.29 is 17.9 Å². The molecule has 0 amide bonds. The third-order valence-electron chi connectivity index (χ3n) is 4.49. The van der Waals surface area contributed by atoms with Crippen LogP contribution in [-0.2, 0) is 10.0 Å². The second kappa shape index (κ2) is 9.11. The van der Waals surface area contributed by atoms with E-state index in [1.807, 2.05) is 20.8 Å². The van der Waals surface area contributed by atoms with Crippen LogP contribution in [-0.4, -0.2) is 38.6 Å². The van der Waals surface area contributed by atoms with E-state index in [0.717, 1.165) is 15.7 Å². The smallest absolute Gasteiger partial charge is 0.262 e. The summed E-state index contributed by atoms with van der Waals surface area (Å²) < 4.78 is 39.5. The lowest BCUT2D eigenvalue weighted by Gasteiger charge is -2.18. The topological polar surface area (TPSA) is 102 Å². The molecule has 0 aliphatic heterocycles. The average molecular weight is 463 g/mol. The van der Waals surface area contributed by atoms with Gasteiger partial charge in [0.2, 0.25) is 11.8 Å². The summed E-state index contributed by atoms with van der Waals surface area (Å²) >= 11 is 1.46. The van der Waals surface area contributed by atoms with Crippen LogP contribution in [0, 0.1) is 13.8 Å². The molecule has 2 aromatic heterocycles. The Morgan fingerprint density at radius 1 is 1.00 bits per heavy atom. The summed E-state index contributed by atoms with van der Waals surface area (Å²) in [6, 6.07) is 8.37. The van der Waals surface area contributed by atoms with Gasteiger partial charge in [0.1, 0.15) is 5.69 Å². The van der Waals surface area contributed by atoms with E-state index >= 15 is 0 Å². The van der Waals surface area contributed by atoms with Crippen LogP contribution >= 0.6 is 11.3 Å².